The van der Waals surface area contributed by atoms with Gasteiger partial charge in [-0.15, -0.1) is 15.3 Å². The van der Waals surface area contributed by atoms with Gasteiger partial charge in [-0.05, 0) is 92.7 Å². The van der Waals surface area contributed by atoms with Crippen LogP contribution in [-0.2, 0) is 37.4 Å². The van der Waals surface area contributed by atoms with Crippen molar-refractivity contribution in [3.63, 3.8) is 0 Å². The number of sulfonamides is 2. The molecule has 6 rings (SSSR count). The molecule has 2 heterocycles. The van der Waals surface area contributed by atoms with Crippen LogP contribution in [0.2, 0.25) is 10.0 Å². The summed E-state index contributed by atoms with van der Waals surface area (Å²) in [5, 5.41) is 51.8. The fraction of sp³-hybridized carbons (Fsp3) is 0.0625. The Morgan fingerprint density at radius 3 is 1.54 bits per heavy atom. The molecule has 0 aliphatic rings. The molecule has 0 aliphatic heterocycles. The van der Waals surface area contributed by atoms with E-state index in [0.717, 1.165) is 24.3 Å². The topological polar surface area (TPSA) is 290 Å². The molecule has 286 valence electrons. The summed E-state index contributed by atoms with van der Waals surface area (Å²) in [6.45, 7) is 3.25. The number of aromatic hydroxyl groups is 1. The van der Waals surface area contributed by atoms with Crippen molar-refractivity contribution in [3.8, 4) is 22.9 Å². The molecule has 0 aliphatic carbocycles. The Labute approximate surface area is 361 Å². The van der Waals surface area contributed by atoms with Crippen LogP contribution in [0.15, 0.2) is 125 Å². The first-order valence-electron chi connectivity index (χ1n) is 15.1. The molecule has 24 heteroatoms. The number of azo groups is 2. The van der Waals surface area contributed by atoms with Gasteiger partial charge in [0.05, 0.1) is 33.3 Å². The van der Waals surface area contributed by atoms with Crippen molar-refractivity contribution in [1.29, 1.82) is 0 Å². The Hall–Kier alpha value is -4.37. The second-order valence-corrected chi connectivity index (χ2v) is 15.4. The molecule has 0 unspecified atom stereocenters. The number of primary sulfonamides is 1. The predicted molar refractivity (Wildman–Crippen MR) is 196 cm³/mol. The van der Waals surface area contributed by atoms with E-state index in [1.165, 1.54) is 21.5 Å². The van der Waals surface area contributed by atoms with Crippen LogP contribution in [0.5, 0.6) is 11.5 Å². The maximum absolute atomic E-state index is 12.6. The average Bonchev–Trinajstić information content (AvgIpc) is 3.55. The summed E-state index contributed by atoms with van der Waals surface area (Å²) in [6.07, 6.45) is 0. The zero-order valence-corrected chi connectivity index (χ0v) is 35.8. The molecule has 18 nitrogen and oxygen atoms in total. The molecule has 0 atom stereocenters. The van der Waals surface area contributed by atoms with Crippen molar-refractivity contribution in [2.45, 2.75) is 23.6 Å². The number of aromatic amines is 2. The van der Waals surface area contributed by atoms with Crippen LogP contribution in [0.1, 0.15) is 11.4 Å². The van der Waals surface area contributed by atoms with Crippen LogP contribution in [0.3, 0.4) is 0 Å². The molecule has 6 aromatic rings. The number of rotatable bonds is 8. The number of nitrogens with two attached hydrogens (primary N) is 1. The maximum atomic E-state index is 12.6. The zero-order chi connectivity index (χ0) is 39.5. The summed E-state index contributed by atoms with van der Waals surface area (Å²) in [6, 6.07) is 19.7. The number of quaternary nitrogens is 1. The monoisotopic (exact) mass is 889 g/mol. The molecule has 56 heavy (non-hydrogen) atoms. The Kier molecular flexibility index (Phi) is 15.4. The number of hydrogen-bond donors (Lipinski definition) is 5. The summed E-state index contributed by atoms with van der Waals surface area (Å²) in [4.78, 5) is 24.7. The average molecular weight is 891 g/mol. The Balaban J connectivity index is 0.000000290. The van der Waals surface area contributed by atoms with E-state index in [1.54, 1.807) is 62.4 Å². The SMILES string of the molecule is Cc1[nH]n(-c2ccc(Cl)cc2)c(=O)c1N=Nc1cc(S(N)(=O)=O)ccc1[O-].Cc1[nH]n(-c2ccc(Cl)cc2)c(=O)c1N=Nc1cc(S([NH3+])(=O)=O)ccc1O.[Cr].[Na+]. The predicted octanol–water partition coefficient (Wildman–Crippen LogP) is 1.44. The summed E-state index contributed by atoms with van der Waals surface area (Å²) < 4.78 is 48.4. The van der Waals surface area contributed by atoms with Crippen molar-refractivity contribution >= 4 is 66.0 Å². The van der Waals surface area contributed by atoms with E-state index in [1.807, 2.05) is 0 Å². The van der Waals surface area contributed by atoms with Crippen molar-refractivity contribution in [1.82, 2.24) is 19.6 Å². The maximum Gasteiger partial charge on any atom is 1.00 e. The van der Waals surface area contributed by atoms with Gasteiger partial charge in [-0.25, -0.2) is 28.1 Å². The van der Waals surface area contributed by atoms with E-state index in [-0.39, 0.29) is 85.2 Å². The molecule has 2 aromatic heterocycles. The molecule has 0 saturated carbocycles. The van der Waals surface area contributed by atoms with Crippen LogP contribution >= 0.6 is 23.2 Å². The van der Waals surface area contributed by atoms with Gasteiger partial charge in [0.25, 0.3) is 11.1 Å². The molecular formula is C32H28Cl2CrN10NaO8S2+. The minimum Gasteiger partial charge on any atom is -0.871 e. The minimum atomic E-state index is -4.00. The molecular weight excluding hydrogens is 862 g/mol. The number of hydrogen-bond acceptors (Lipinski definition) is 12. The Bertz CT molecular complexity index is 2600. The first-order valence-corrected chi connectivity index (χ1v) is 19.0. The van der Waals surface area contributed by atoms with Crippen molar-refractivity contribution in [2.24, 2.45) is 25.6 Å². The van der Waals surface area contributed by atoms with Crippen molar-refractivity contribution in [2.75, 3.05) is 0 Å². The molecule has 4 aromatic carbocycles. The van der Waals surface area contributed by atoms with Crippen LogP contribution in [0.4, 0.5) is 22.7 Å². The number of halogens is 2. The van der Waals surface area contributed by atoms with Crippen LogP contribution < -0.4 is 56.1 Å². The molecule has 0 amide bonds. The number of phenols is 1. The van der Waals surface area contributed by atoms with Gasteiger partial charge in [0.2, 0.25) is 10.0 Å². The fourth-order valence-corrected chi connectivity index (χ4v) is 5.94. The van der Waals surface area contributed by atoms with Gasteiger partial charge in [-0.2, -0.15) is 13.5 Å². The van der Waals surface area contributed by atoms with E-state index >= 15 is 0 Å². The number of aromatic nitrogens is 4. The fourth-order valence-electron chi connectivity index (χ4n) is 4.59. The van der Waals surface area contributed by atoms with Crippen molar-refractivity contribution in [3.05, 3.63) is 127 Å². The summed E-state index contributed by atoms with van der Waals surface area (Å²) in [5.74, 6) is -0.838. The van der Waals surface area contributed by atoms with E-state index < -0.39 is 36.9 Å². The van der Waals surface area contributed by atoms with Gasteiger partial charge in [-0.3, -0.25) is 19.8 Å². The molecule has 0 radical (unpaired) electrons. The molecule has 0 saturated heterocycles. The van der Waals surface area contributed by atoms with Gasteiger partial charge >= 0.3 is 39.6 Å². The number of H-pyrrole nitrogens is 2. The third-order valence-electron chi connectivity index (χ3n) is 7.33. The minimum absolute atomic E-state index is 0. The standard InChI is InChI=1S/2C16H14ClN5O4S.Cr.Na/c2*1-9-15(16(24)22(21-9)11-4-2-10(17)3-5-11)20-19-13-8-12(27(18,25)26)6-7-14(13)23;;/h2*2-8,21,23H,1H3,(H2,18,25,26);;/q;;;+1. The van der Waals surface area contributed by atoms with Gasteiger partial charge in [0, 0.05) is 27.4 Å². The van der Waals surface area contributed by atoms with Gasteiger partial charge < -0.3 is 10.2 Å². The van der Waals surface area contributed by atoms with E-state index in [9.17, 15) is 36.6 Å². The van der Waals surface area contributed by atoms with Crippen LogP contribution in [0.25, 0.3) is 11.4 Å². The Morgan fingerprint density at radius 2 is 1.11 bits per heavy atom. The van der Waals surface area contributed by atoms with Gasteiger partial charge in [0.1, 0.15) is 16.3 Å². The largest absolute Gasteiger partial charge is 1.00 e. The third kappa shape index (κ3) is 10.9. The summed E-state index contributed by atoms with van der Waals surface area (Å²) >= 11 is 11.7. The second-order valence-electron chi connectivity index (χ2n) is 11.2. The second kappa shape index (κ2) is 18.7. The summed E-state index contributed by atoms with van der Waals surface area (Å²) in [7, 11) is -7.72. The first-order chi connectivity index (χ1) is 25.3. The zero-order valence-electron chi connectivity index (χ0n) is 29.3. The number of aryl methyl sites for hydroxylation is 2. The molecule has 0 spiro atoms. The first kappa shape index (κ1) is 46.0. The van der Waals surface area contributed by atoms with Gasteiger partial charge in [0.15, 0.2) is 11.4 Å². The van der Waals surface area contributed by atoms with Crippen LogP contribution in [-0.4, -0.2) is 41.5 Å². The number of benzene rings is 4. The molecule has 8 N–H and O–H groups in total. The third-order valence-corrected chi connectivity index (χ3v) is 9.72. The van der Waals surface area contributed by atoms with Crippen molar-refractivity contribution < 1.29 is 79.1 Å². The number of nitrogens with zero attached hydrogens (tertiary/aromatic N) is 6. The van der Waals surface area contributed by atoms with Gasteiger partial charge in [-0.1, -0.05) is 35.0 Å². The number of nitrogens with one attached hydrogen (secondary N) is 2. The van der Waals surface area contributed by atoms with E-state index in [0.29, 0.717) is 32.8 Å². The van der Waals surface area contributed by atoms with E-state index in [2.05, 4.69) is 35.8 Å². The number of phenolic OH excluding ortho intramolecular Hbond substituents is 1. The summed E-state index contributed by atoms with van der Waals surface area (Å²) in [5.41, 5.74) is 0.645. The molecule has 0 fully saturated rings. The smallest absolute Gasteiger partial charge is 0.871 e. The van der Waals surface area contributed by atoms with Crippen LogP contribution in [0, 0.1) is 13.8 Å². The normalized spacial score (nSPS) is 11.5. The molecule has 0 bridgehead atoms. The Morgan fingerprint density at radius 1 is 0.696 bits per heavy atom. The van der Waals surface area contributed by atoms with E-state index in [4.69, 9.17) is 28.3 Å². The quantitative estimate of drug-likeness (QED) is 0.110.